The first-order chi connectivity index (χ1) is 11.9. The van der Waals surface area contributed by atoms with Crippen LogP contribution in [-0.4, -0.2) is 47.4 Å². The third-order valence-electron chi connectivity index (χ3n) is 3.88. The van der Waals surface area contributed by atoms with Crippen molar-refractivity contribution in [2.24, 2.45) is 0 Å². The van der Waals surface area contributed by atoms with Crippen molar-refractivity contribution < 1.29 is 14.3 Å². The van der Waals surface area contributed by atoms with E-state index in [0.29, 0.717) is 35.1 Å². The summed E-state index contributed by atoms with van der Waals surface area (Å²) in [5, 5.41) is 2.82. The van der Waals surface area contributed by atoms with E-state index in [9.17, 15) is 9.59 Å². The Morgan fingerprint density at radius 1 is 1.36 bits per heavy atom. The lowest BCUT2D eigenvalue weighted by molar-refractivity contribution is -0.110. The van der Waals surface area contributed by atoms with E-state index in [1.165, 1.54) is 4.90 Å². The fourth-order valence-corrected chi connectivity index (χ4v) is 2.68. The first-order valence-electron chi connectivity index (χ1n) is 7.99. The number of nitrogens with zero attached hydrogens (tertiary/aromatic N) is 2. The molecule has 0 bridgehead atoms. The van der Waals surface area contributed by atoms with Gasteiger partial charge in [-0.2, -0.15) is 0 Å². The molecule has 0 aliphatic carbocycles. The molecule has 130 valence electrons. The molecule has 0 radical (unpaired) electrons. The summed E-state index contributed by atoms with van der Waals surface area (Å²) >= 11 is 0. The van der Waals surface area contributed by atoms with Crippen LogP contribution < -0.4 is 10.1 Å². The second-order valence-corrected chi connectivity index (χ2v) is 5.95. The SMILES string of the molecule is CCOc1ccc2c(c1)/C(=C/c1nc(C(=O)N(C)C)c(C)[nH]1)C(=O)N2. The van der Waals surface area contributed by atoms with Crippen molar-refractivity contribution in [3.05, 3.63) is 41.0 Å². The van der Waals surface area contributed by atoms with Gasteiger partial charge in [0, 0.05) is 31.0 Å². The van der Waals surface area contributed by atoms with Crippen LogP contribution in [0.3, 0.4) is 0 Å². The molecule has 0 fully saturated rings. The number of amides is 2. The lowest BCUT2D eigenvalue weighted by Crippen LogP contribution is -2.22. The first-order valence-corrected chi connectivity index (χ1v) is 7.99. The molecule has 0 atom stereocenters. The minimum absolute atomic E-state index is 0.187. The third kappa shape index (κ3) is 3.13. The Balaban J connectivity index is 2.00. The predicted molar refractivity (Wildman–Crippen MR) is 95.5 cm³/mol. The van der Waals surface area contributed by atoms with Gasteiger partial charge in [0.05, 0.1) is 12.2 Å². The first kappa shape index (κ1) is 16.8. The van der Waals surface area contributed by atoms with E-state index in [0.717, 1.165) is 11.3 Å². The van der Waals surface area contributed by atoms with Crippen LogP contribution in [0.25, 0.3) is 11.6 Å². The predicted octanol–water partition coefficient (Wildman–Crippen LogP) is 2.31. The Hall–Kier alpha value is -3.09. The van der Waals surface area contributed by atoms with Crippen LogP contribution >= 0.6 is 0 Å². The van der Waals surface area contributed by atoms with Gasteiger partial charge >= 0.3 is 0 Å². The maximum atomic E-state index is 12.3. The minimum atomic E-state index is -0.210. The van der Waals surface area contributed by atoms with Gasteiger partial charge in [0.1, 0.15) is 17.3 Å². The Morgan fingerprint density at radius 2 is 2.12 bits per heavy atom. The zero-order valence-electron chi connectivity index (χ0n) is 14.6. The number of aromatic nitrogens is 2. The van der Waals surface area contributed by atoms with Gasteiger partial charge in [0.25, 0.3) is 11.8 Å². The highest BCUT2D eigenvalue weighted by Gasteiger charge is 2.25. The molecule has 0 saturated heterocycles. The smallest absolute Gasteiger partial charge is 0.273 e. The number of nitrogens with one attached hydrogen (secondary N) is 2. The number of carbonyl (C=O) groups is 2. The fourth-order valence-electron chi connectivity index (χ4n) is 2.68. The quantitative estimate of drug-likeness (QED) is 0.836. The van der Waals surface area contributed by atoms with Crippen molar-refractivity contribution in [2.45, 2.75) is 13.8 Å². The molecule has 0 saturated carbocycles. The summed E-state index contributed by atoms with van der Waals surface area (Å²) < 4.78 is 5.51. The normalized spacial score (nSPS) is 14.4. The van der Waals surface area contributed by atoms with Gasteiger partial charge in [-0.1, -0.05) is 0 Å². The average Bonchev–Trinajstić information content (AvgIpc) is 3.07. The van der Waals surface area contributed by atoms with Gasteiger partial charge in [-0.3, -0.25) is 9.59 Å². The van der Waals surface area contributed by atoms with E-state index in [1.54, 1.807) is 27.1 Å². The molecule has 7 heteroatoms. The number of H-pyrrole nitrogens is 1. The highest BCUT2D eigenvalue weighted by Crippen LogP contribution is 2.35. The molecular weight excluding hydrogens is 320 g/mol. The molecule has 2 N–H and O–H groups in total. The molecule has 1 aromatic heterocycles. The molecule has 1 aliphatic heterocycles. The summed E-state index contributed by atoms with van der Waals surface area (Å²) in [6, 6.07) is 5.45. The van der Waals surface area contributed by atoms with Gasteiger partial charge in [-0.05, 0) is 38.1 Å². The molecule has 1 aromatic carbocycles. The van der Waals surface area contributed by atoms with Crippen LogP contribution in [0.15, 0.2) is 18.2 Å². The fraction of sp³-hybridized carbons (Fsp3) is 0.278. The van der Waals surface area contributed by atoms with Crippen molar-refractivity contribution in [1.29, 1.82) is 0 Å². The summed E-state index contributed by atoms with van der Waals surface area (Å²) in [7, 11) is 3.34. The van der Waals surface area contributed by atoms with Crippen molar-refractivity contribution in [1.82, 2.24) is 14.9 Å². The number of rotatable bonds is 4. The number of aromatic amines is 1. The summed E-state index contributed by atoms with van der Waals surface area (Å²) in [4.78, 5) is 33.3. The van der Waals surface area contributed by atoms with Gasteiger partial charge in [0.15, 0.2) is 0 Å². The Morgan fingerprint density at radius 3 is 2.80 bits per heavy atom. The number of hydrogen-bond acceptors (Lipinski definition) is 4. The molecule has 2 amide bonds. The Bertz CT molecular complexity index is 880. The summed E-state index contributed by atoms with van der Waals surface area (Å²) in [6.45, 7) is 4.23. The van der Waals surface area contributed by atoms with Crippen LogP contribution in [0.5, 0.6) is 5.75 Å². The molecule has 0 spiro atoms. The van der Waals surface area contributed by atoms with E-state index in [4.69, 9.17) is 4.74 Å². The lowest BCUT2D eigenvalue weighted by Gasteiger charge is -2.07. The molecule has 7 nitrogen and oxygen atoms in total. The van der Waals surface area contributed by atoms with E-state index in [2.05, 4.69) is 15.3 Å². The zero-order chi connectivity index (χ0) is 18.1. The topological polar surface area (TPSA) is 87.3 Å². The largest absolute Gasteiger partial charge is 0.494 e. The highest BCUT2D eigenvalue weighted by molar-refractivity contribution is 6.34. The van der Waals surface area contributed by atoms with Crippen LogP contribution in [0.1, 0.15) is 34.5 Å². The van der Waals surface area contributed by atoms with Gasteiger partial charge in [-0.15, -0.1) is 0 Å². The number of aryl methyl sites for hydroxylation is 1. The molecule has 0 unspecified atom stereocenters. The summed E-state index contributed by atoms with van der Waals surface area (Å²) in [5.41, 5.74) is 2.97. The van der Waals surface area contributed by atoms with Crippen LogP contribution in [0, 0.1) is 6.92 Å². The number of carbonyl (C=O) groups excluding carboxylic acids is 2. The number of benzene rings is 1. The molecule has 2 aromatic rings. The maximum absolute atomic E-state index is 12.3. The monoisotopic (exact) mass is 340 g/mol. The molecule has 25 heavy (non-hydrogen) atoms. The standard InChI is InChI=1S/C18H20N4O3/c1-5-25-11-6-7-14-12(8-11)13(17(23)20-14)9-15-19-10(2)16(21-15)18(24)22(3)4/h6-9H,5H2,1-4H3,(H,19,21)(H,20,23)/b13-9-. The van der Waals surface area contributed by atoms with Crippen LogP contribution in [0.4, 0.5) is 5.69 Å². The Labute approximate surface area is 145 Å². The van der Waals surface area contributed by atoms with Gasteiger partial charge in [0.2, 0.25) is 0 Å². The molecule has 2 heterocycles. The van der Waals surface area contributed by atoms with Crippen molar-refractivity contribution >= 4 is 29.2 Å². The van der Waals surface area contributed by atoms with Crippen molar-refractivity contribution in [2.75, 3.05) is 26.0 Å². The van der Waals surface area contributed by atoms with E-state index < -0.39 is 0 Å². The number of imidazole rings is 1. The van der Waals surface area contributed by atoms with Gasteiger partial charge < -0.3 is 19.9 Å². The number of fused-ring (bicyclic) bond motifs is 1. The number of hydrogen-bond donors (Lipinski definition) is 2. The molecule has 3 rings (SSSR count). The summed E-state index contributed by atoms with van der Waals surface area (Å²) in [5.74, 6) is 0.761. The summed E-state index contributed by atoms with van der Waals surface area (Å²) in [6.07, 6.45) is 1.65. The van der Waals surface area contributed by atoms with Crippen LogP contribution in [0.2, 0.25) is 0 Å². The van der Waals surface area contributed by atoms with Crippen LogP contribution in [-0.2, 0) is 4.79 Å². The highest BCUT2D eigenvalue weighted by atomic mass is 16.5. The van der Waals surface area contributed by atoms with E-state index >= 15 is 0 Å². The number of ether oxygens (including phenoxy) is 1. The third-order valence-corrected chi connectivity index (χ3v) is 3.88. The van der Waals surface area contributed by atoms with Crippen molar-refractivity contribution in [3.8, 4) is 5.75 Å². The second-order valence-electron chi connectivity index (χ2n) is 5.95. The molecular formula is C18H20N4O3. The second kappa shape index (κ2) is 6.43. The van der Waals surface area contributed by atoms with Gasteiger partial charge in [-0.25, -0.2) is 4.98 Å². The zero-order valence-corrected chi connectivity index (χ0v) is 14.6. The number of anilines is 1. The van der Waals surface area contributed by atoms with E-state index in [-0.39, 0.29) is 11.8 Å². The average molecular weight is 340 g/mol. The minimum Gasteiger partial charge on any atom is -0.494 e. The Kier molecular flexibility index (Phi) is 4.31. The maximum Gasteiger partial charge on any atom is 0.273 e. The van der Waals surface area contributed by atoms with E-state index in [1.807, 2.05) is 25.1 Å². The lowest BCUT2D eigenvalue weighted by atomic mass is 10.1. The van der Waals surface area contributed by atoms with Crippen molar-refractivity contribution in [3.63, 3.8) is 0 Å². The molecule has 1 aliphatic rings.